The Hall–Kier alpha value is -1.22. The first kappa shape index (κ1) is 13.8. The highest BCUT2D eigenvalue weighted by Crippen LogP contribution is 2.23. The molecule has 4 heteroatoms. The molecule has 0 aliphatic heterocycles. The minimum Gasteiger partial charge on any atom is -0.497 e. The molecule has 0 radical (unpaired) electrons. The number of halogens is 1. The van der Waals surface area contributed by atoms with Crippen LogP contribution in [0.15, 0.2) is 24.3 Å². The molecule has 0 aliphatic rings. The maximum atomic E-state index is 11.4. The summed E-state index contributed by atoms with van der Waals surface area (Å²) in [6.07, 6.45) is 0. The molecule has 0 fully saturated rings. The summed E-state index contributed by atoms with van der Waals surface area (Å²) >= 11 is 5.50. The van der Waals surface area contributed by atoms with Crippen LogP contribution in [-0.4, -0.2) is 18.9 Å². The van der Waals surface area contributed by atoms with Gasteiger partial charge >= 0.3 is 0 Å². The maximum Gasteiger partial charge on any atom is 0.235 e. The number of alkyl halides is 1. The molecule has 0 aromatic heterocycles. The van der Waals surface area contributed by atoms with Gasteiger partial charge in [-0.25, -0.2) is 0 Å². The van der Waals surface area contributed by atoms with E-state index in [4.69, 9.17) is 16.3 Å². The molecule has 0 spiro atoms. The molecule has 0 heterocycles. The minimum atomic E-state index is -0.152. The van der Waals surface area contributed by atoms with Crippen molar-refractivity contribution in [2.45, 2.75) is 19.9 Å². The average molecular weight is 256 g/mol. The third kappa shape index (κ3) is 3.93. The van der Waals surface area contributed by atoms with Crippen LogP contribution in [0, 0.1) is 5.92 Å². The van der Waals surface area contributed by atoms with E-state index in [9.17, 15) is 4.79 Å². The lowest BCUT2D eigenvalue weighted by atomic mass is 9.96. The molecule has 94 valence electrons. The van der Waals surface area contributed by atoms with Crippen LogP contribution < -0.4 is 10.1 Å². The van der Waals surface area contributed by atoms with Crippen LogP contribution in [0.25, 0.3) is 0 Å². The molecule has 0 saturated heterocycles. The van der Waals surface area contributed by atoms with Crippen molar-refractivity contribution in [3.05, 3.63) is 29.8 Å². The monoisotopic (exact) mass is 255 g/mol. The van der Waals surface area contributed by atoms with Crippen LogP contribution in [0.5, 0.6) is 5.75 Å². The van der Waals surface area contributed by atoms with Crippen LogP contribution in [-0.2, 0) is 4.79 Å². The summed E-state index contributed by atoms with van der Waals surface area (Å²) < 4.78 is 5.10. The highest BCUT2D eigenvalue weighted by atomic mass is 35.5. The molecule has 0 aliphatic carbocycles. The largest absolute Gasteiger partial charge is 0.497 e. The quantitative estimate of drug-likeness (QED) is 0.822. The van der Waals surface area contributed by atoms with Crippen molar-refractivity contribution in [2.75, 3.05) is 13.0 Å². The van der Waals surface area contributed by atoms with Gasteiger partial charge in [-0.1, -0.05) is 26.0 Å². The lowest BCUT2D eigenvalue weighted by Gasteiger charge is -2.22. The number of nitrogens with one attached hydrogen (secondary N) is 1. The molecule has 0 saturated carbocycles. The number of ether oxygens (including phenoxy) is 1. The predicted octanol–water partition coefficient (Wildman–Crippen LogP) is 2.75. The van der Waals surface area contributed by atoms with Crippen LogP contribution in [0.2, 0.25) is 0 Å². The lowest BCUT2D eigenvalue weighted by molar-refractivity contribution is -0.119. The first-order valence-corrected chi connectivity index (χ1v) is 6.11. The van der Waals surface area contributed by atoms with E-state index in [1.54, 1.807) is 7.11 Å². The number of carbonyl (C=O) groups excluding carboxylic acids is 1. The fourth-order valence-electron chi connectivity index (χ4n) is 1.66. The van der Waals surface area contributed by atoms with Gasteiger partial charge in [0.25, 0.3) is 0 Å². The second-order valence-electron chi connectivity index (χ2n) is 4.20. The molecule has 1 unspecified atom stereocenters. The van der Waals surface area contributed by atoms with E-state index in [-0.39, 0.29) is 17.8 Å². The van der Waals surface area contributed by atoms with Gasteiger partial charge in [0, 0.05) is 0 Å². The topological polar surface area (TPSA) is 38.3 Å². The molecule has 3 nitrogen and oxygen atoms in total. The van der Waals surface area contributed by atoms with Crippen LogP contribution >= 0.6 is 11.6 Å². The zero-order valence-corrected chi connectivity index (χ0v) is 11.1. The van der Waals surface area contributed by atoms with Gasteiger partial charge in [0.2, 0.25) is 5.91 Å². The second kappa shape index (κ2) is 6.50. The SMILES string of the molecule is COc1ccc(C(NC(=O)CCl)C(C)C)cc1. The van der Waals surface area contributed by atoms with Crippen molar-refractivity contribution < 1.29 is 9.53 Å². The van der Waals surface area contributed by atoms with E-state index in [2.05, 4.69) is 19.2 Å². The van der Waals surface area contributed by atoms with Gasteiger partial charge in [0.05, 0.1) is 13.2 Å². The summed E-state index contributed by atoms with van der Waals surface area (Å²) in [6.45, 7) is 4.12. The highest BCUT2D eigenvalue weighted by molar-refractivity contribution is 6.27. The van der Waals surface area contributed by atoms with Gasteiger partial charge in [0.15, 0.2) is 0 Å². The molecule has 1 N–H and O–H groups in total. The van der Waals surface area contributed by atoms with Crippen molar-refractivity contribution in [1.82, 2.24) is 5.32 Å². The van der Waals surface area contributed by atoms with Gasteiger partial charge < -0.3 is 10.1 Å². The Bertz CT molecular complexity index is 362. The van der Waals surface area contributed by atoms with Crippen molar-refractivity contribution in [1.29, 1.82) is 0 Å². The number of amides is 1. The minimum absolute atomic E-state index is 0.0145. The smallest absolute Gasteiger partial charge is 0.235 e. The van der Waals surface area contributed by atoms with Crippen molar-refractivity contribution >= 4 is 17.5 Å². The van der Waals surface area contributed by atoms with E-state index in [0.29, 0.717) is 5.92 Å². The second-order valence-corrected chi connectivity index (χ2v) is 4.46. The summed E-state index contributed by atoms with van der Waals surface area (Å²) in [5, 5.41) is 2.91. The molecular formula is C13H18ClNO2. The fourth-order valence-corrected chi connectivity index (χ4v) is 1.74. The zero-order valence-electron chi connectivity index (χ0n) is 10.4. The molecule has 0 bridgehead atoms. The Morgan fingerprint density at radius 3 is 2.35 bits per heavy atom. The average Bonchev–Trinajstić information content (AvgIpc) is 2.35. The third-order valence-electron chi connectivity index (χ3n) is 2.58. The Morgan fingerprint density at radius 2 is 1.94 bits per heavy atom. The number of hydrogen-bond acceptors (Lipinski definition) is 2. The van der Waals surface area contributed by atoms with Gasteiger partial charge in [-0.2, -0.15) is 0 Å². The van der Waals surface area contributed by atoms with E-state index >= 15 is 0 Å². The fraction of sp³-hybridized carbons (Fsp3) is 0.462. The standard InChI is InChI=1S/C13H18ClNO2/c1-9(2)13(15-12(16)8-14)10-4-6-11(17-3)7-5-10/h4-7,9,13H,8H2,1-3H3,(H,15,16). The van der Waals surface area contributed by atoms with Gasteiger partial charge in [0.1, 0.15) is 11.6 Å². The number of benzene rings is 1. The third-order valence-corrected chi connectivity index (χ3v) is 2.82. The van der Waals surface area contributed by atoms with E-state index in [0.717, 1.165) is 11.3 Å². The van der Waals surface area contributed by atoms with Gasteiger partial charge in [-0.3, -0.25) is 4.79 Å². The molecule has 17 heavy (non-hydrogen) atoms. The number of carbonyl (C=O) groups is 1. The number of methoxy groups -OCH3 is 1. The Balaban J connectivity index is 2.85. The molecule has 1 aromatic rings. The molecule has 1 rings (SSSR count). The summed E-state index contributed by atoms with van der Waals surface area (Å²) in [6, 6.07) is 7.66. The number of hydrogen-bond donors (Lipinski definition) is 1. The Kier molecular flexibility index (Phi) is 5.29. The van der Waals surface area contributed by atoms with E-state index in [1.807, 2.05) is 24.3 Å². The zero-order chi connectivity index (χ0) is 12.8. The number of rotatable bonds is 5. The Labute approximate surface area is 107 Å². The summed E-state index contributed by atoms with van der Waals surface area (Å²) in [5.74, 6) is 0.941. The van der Waals surface area contributed by atoms with Crippen molar-refractivity contribution in [3.63, 3.8) is 0 Å². The summed E-state index contributed by atoms with van der Waals surface area (Å²) in [4.78, 5) is 11.4. The Morgan fingerprint density at radius 1 is 1.35 bits per heavy atom. The normalized spacial score (nSPS) is 12.3. The first-order chi connectivity index (χ1) is 8.08. The summed E-state index contributed by atoms with van der Waals surface area (Å²) in [7, 11) is 1.63. The summed E-state index contributed by atoms with van der Waals surface area (Å²) in [5.41, 5.74) is 1.05. The predicted molar refractivity (Wildman–Crippen MR) is 69.4 cm³/mol. The lowest BCUT2D eigenvalue weighted by Crippen LogP contribution is -2.32. The highest BCUT2D eigenvalue weighted by Gasteiger charge is 2.17. The van der Waals surface area contributed by atoms with Crippen molar-refractivity contribution in [2.24, 2.45) is 5.92 Å². The maximum absolute atomic E-state index is 11.4. The molecular weight excluding hydrogens is 238 g/mol. The van der Waals surface area contributed by atoms with Gasteiger partial charge in [-0.15, -0.1) is 11.6 Å². The van der Waals surface area contributed by atoms with E-state index in [1.165, 1.54) is 0 Å². The molecule has 1 atom stereocenters. The van der Waals surface area contributed by atoms with Crippen LogP contribution in [0.4, 0.5) is 0 Å². The van der Waals surface area contributed by atoms with Crippen LogP contribution in [0.1, 0.15) is 25.5 Å². The van der Waals surface area contributed by atoms with Crippen molar-refractivity contribution in [3.8, 4) is 5.75 Å². The molecule has 1 aromatic carbocycles. The van der Waals surface area contributed by atoms with Gasteiger partial charge in [-0.05, 0) is 23.6 Å². The molecule has 1 amide bonds. The van der Waals surface area contributed by atoms with Crippen LogP contribution in [0.3, 0.4) is 0 Å². The van der Waals surface area contributed by atoms with E-state index < -0.39 is 0 Å². The first-order valence-electron chi connectivity index (χ1n) is 5.57.